The molecule has 15 heavy (non-hydrogen) atoms. The van der Waals surface area contributed by atoms with Crippen molar-refractivity contribution in [3.05, 3.63) is 45.3 Å². The van der Waals surface area contributed by atoms with E-state index in [1.165, 1.54) is 0 Å². The van der Waals surface area contributed by atoms with Crippen LogP contribution in [-0.4, -0.2) is 4.98 Å². The summed E-state index contributed by atoms with van der Waals surface area (Å²) in [5, 5.41) is 0. The monoisotopic (exact) mass is 326 g/mol. The normalized spacial score (nSPS) is 10.3. The number of hydrogen-bond donors (Lipinski definition) is 1. The van der Waals surface area contributed by atoms with Crippen molar-refractivity contribution in [1.29, 1.82) is 0 Å². The molecule has 1 heterocycles. The summed E-state index contributed by atoms with van der Waals surface area (Å²) in [4.78, 5) is 4.33. The lowest BCUT2D eigenvalue weighted by Gasteiger charge is -2.06. The molecule has 0 bridgehead atoms. The first kappa shape index (κ1) is 10.6. The lowest BCUT2D eigenvalue weighted by molar-refractivity contribution is 1.30. The zero-order valence-corrected chi connectivity index (χ0v) is 10.9. The summed E-state index contributed by atoms with van der Waals surface area (Å²) in [6.07, 6.45) is 0. The lowest BCUT2D eigenvalue weighted by Crippen LogP contribution is -1.94. The highest BCUT2D eigenvalue weighted by atomic mass is 79.9. The van der Waals surface area contributed by atoms with E-state index < -0.39 is 0 Å². The van der Waals surface area contributed by atoms with Crippen molar-refractivity contribution >= 4 is 37.7 Å². The summed E-state index contributed by atoms with van der Waals surface area (Å²) < 4.78 is 1.73. The number of halogens is 2. The van der Waals surface area contributed by atoms with Gasteiger partial charge in [0.1, 0.15) is 5.82 Å². The number of anilines is 1. The first-order valence-corrected chi connectivity index (χ1v) is 5.94. The third-order valence-electron chi connectivity index (χ3n) is 2.00. The predicted octanol–water partition coefficient (Wildman–Crippen LogP) is 3.86. The molecule has 0 aliphatic heterocycles. The van der Waals surface area contributed by atoms with E-state index in [4.69, 9.17) is 5.73 Å². The van der Waals surface area contributed by atoms with Gasteiger partial charge in [-0.15, -0.1) is 0 Å². The van der Waals surface area contributed by atoms with Gasteiger partial charge in [0.05, 0.1) is 10.2 Å². The molecule has 4 heteroatoms. The van der Waals surface area contributed by atoms with E-state index in [0.29, 0.717) is 5.82 Å². The van der Waals surface area contributed by atoms with Gasteiger partial charge in [-0.05, 0) is 37.9 Å². The number of aromatic nitrogens is 1. The molecule has 0 fully saturated rings. The topological polar surface area (TPSA) is 38.9 Å². The maximum atomic E-state index is 5.75. The van der Waals surface area contributed by atoms with Crippen LogP contribution in [0, 0.1) is 0 Å². The SMILES string of the molecule is Nc1nc(-c2ccccc2)c(Br)cc1Br. The number of nitrogen functional groups attached to an aromatic ring is 1. The standard InChI is InChI=1S/C11H8Br2N2/c12-8-6-9(13)11(14)15-10(8)7-4-2-1-3-5-7/h1-6H,(H2,14,15). The van der Waals surface area contributed by atoms with Crippen molar-refractivity contribution in [2.75, 3.05) is 5.73 Å². The molecule has 0 atom stereocenters. The Balaban J connectivity index is 2.59. The van der Waals surface area contributed by atoms with Crippen molar-refractivity contribution in [2.45, 2.75) is 0 Å². The van der Waals surface area contributed by atoms with Gasteiger partial charge in [0, 0.05) is 10.0 Å². The zero-order chi connectivity index (χ0) is 10.8. The molecule has 0 saturated heterocycles. The van der Waals surface area contributed by atoms with E-state index in [2.05, 4.69) is 36.8 Å². The molecule has 0 amide bonds. The molecular weight excluding hydrogens is 320 g/mol. The fraction of sp³-hybridized carbons (Fsp3) is 0. The average molecular weight is 328 g/mol. The van der Waals surface area contributed by atoms with E-state index in [0.717, 1.165) is 20.2 Å². The quantitative estimate of drug-likeness (QED) is 0.863. The molecule has 1 aromatic carbocycles. The Labute approximate surface area is 105 Å². The van der Waals surface area contributed by atoms with Crippen molar-refractivity contribution in [2.24, 2.45) is 0 Å². The second-order valence-electron chi connectivity index (χ2n) is 3.05. The highest BCUT2D eigenvalue weighted by Gasteiger charge is 2.07. The van der Waals surface area contributed by atoms with E-state index in [-0.39, 0.29) is 0 Å². The number of rotatable bonds is 1. The second-order valence-corrected chi connectivity index (χ2v) is 4.76. The molecule has 2 rings (SSSR count). The van der Waals surface area contributed by atoms with Crippen LogP contribution in [0.15, 0.2) is 45.3 Å². The summed E-state index contributed by atoms with van der Waals surface area (Å²) in [7, 11) is 0. The summed E-state index contributed by atoms with van der Waals surface area (Å²) in [5.41, 5.74) is 7.65. The Kier molecular flexibility index (Phi) is 3.07. The molecule has 76 valence electrons. The maximum Gasteiger partial charge on any atom is 0.138 e. The number of pyridine rings is 1. The van der Waals surface area contributed by atoms with Gasteiger partial charge in [-0.1, -0.05) is 30.3 Å². The molecule has 1 aromatic heterocycles. The average Bonchev–Trinajstić information content (AvgIpc) is 2.25. The second kappa shape index (κ2) is 4.33. The molecule has 0 aliphatic rings. The molecule has 0 saturated carbocycles. The van der Waals surface area contributed by atoms with Gasteiger partial charge < -0.3 is 5.73 Å². The fourth-order valence-electron chi connectivity index (χ4n) is 1.28. The van der Waals surface area contributed by atoms with Gasteiger partial charge in [-0.3, -0.25) is 0 Å². The molecule has 2 N–H and O–H groups in total. The smallest absolute Gasteiger partial charge is 0.138 e. The van der Waals surface area contributed by atoms with Gasteiger partial charge in [-0.25, -0.2) is 4.98 Å². The van der Waals surface area contributed by atoms with Gasteiger partial charge in [0.15, 0.2) is 0 Å². The van der Waals surface area contributed by atoms with E-state index in [1.807, 2.05) is 36.4 Å². The molecule has 0 radical (unpaired) electrons. The molecule has 2 nitrogen and oxygen atoms in total. The van der Waals surface area contributed by atoms with Crippen LogP contribution >= 0.6 is 31.9 Å². The van der Waals surface area contributed by atoms with Crippen LogP contribution in [0.25, 0.3) is 11.3 Å². The van der Waals surface area contributed by atoms with Gasteiger partial charge in [0.25, 0.3) is 0 Å². The Morgan fingerprint density at radius 2 is 1.67 bits per heavy atom. The molecular formula is C11H8Br2N2. The van der Waals surface area contributed by atoms with Crippen LogP contribution in [0.4, 0.5) is 5.82 Å². The summed E-state index contributed by atoms with van der Waals surface area (Å²) in [6, 6.07) is 11.8. The number of hydrogen-bond acceptors (Lipinski definition) is 2. The molecule has 0 aliphatic carbocycles. The Morgan fingerprint density at radius 3 is 2.33 bits per heavy atom. The van der Waals surface area contributed by atoms with Crippen LogP contribution in [0.3, 0.4) is 0 Å². The Morgan fingerprint density at radius 1 is 1.00 bits per heavy atom. The van der Waals surface area contributed by atoms with Crippen LogP contribution in [-0.2, 0) is 0 Å². The zero-order valence-electron chi connectivity index (χ0n) is 7.74. The number of nitrogens with two attached hydrogens (primary N) is 1. The summed E-state index contributed by atoms with van der Waals surface area (Å²) >= 11 is 6.81. The van der Waals surface area contributed by atoms with Crippen molar-refractivity contribution < 1.29 is 0 Å². The van der Waals surface area contributed by atoms with Gasteiger partial charge in [0.2, 0.25) is 0 Å². The van der Waals surface area contributed by atoms with Gasteiger partial charge in [-0.2, -0.15) is 0 Å². The van der Waals surface area contributed by atoms with Crippen LogP contribution in [0.1, 0.15) is 0 Å². The Hall–Kier alpha value is -0.870. The van der Waals surface area contributed by atoms with E-state index in [9.17, 15) is 0 Å². The van der Waals surface area contributed by atoms with Crippen molar-refractivity contribution in [3.63, 3.8) is 0 Å². The lowest BCUT2D eigenvalue weighted by atomic mass is 10.1. The third kappa shape index (κ3) is 2.21. The van der Waals surface area contributed by atoms with E-state index >= 15 is 0 Å². The Bertz CT molecular complexity index is 483. The highest BCUT2D eigenvalue weighted by Crippen LogP contribution is 2.31. The van der Waals surface area contributed by atoms with E-state index in [1.54, 1.807) is 0 Å². The van der Waals surface area contributed by atoms with Crippen molar-refractivity contribution in [1.82, 2.24) is 4.98 Å². The minimum atomic E-state index is 0.497. The third-order valence-corrected chi connectivity index (χ3v) is 3.24. The fourth-order valence-corrected chi connectivity index (χ4v) is 2.45. The number of nitrogens with zero attached hydrogens (tertiary/aromatic N) is 1. The minimum absolute atomic E-state index is 0.497. The largest absolute Gasteiger partial charge is 0.383 e. The molecule has 2 aromatic rings. The van der Waals surface area contributed by atoms with Crippen LogP contribution in [0.2, 0.25) is 0 Å². The number of benzene rings is 1. The first-order chi connectivity index (χ1) is 7.18. The molecule has 0 unspecified atom stereocenters. The minimum Gasteiger partial charge on any atom is -0.383 e. The predicted molar refractivity (Wildman–Crippen MR) is 69.5 cm³/mol. The van der Waals surface area contributed by atoms with Crippen molar-refractivity contribution in [3.8, 4) is 11.3 Å². The maximum absolute atomic E-state index is 5.75. The first-order valence-electron chi connectivity index (χ1n) is 4.35. The summed E-state index contributed by atoms with van der Waals surface area (Å²) in [5.74, 6) is 0.497. The van der Waals surface area contributed by atoms with Gasteiger partial charge >= 0.3 is 0 Å². The van der Waals surface area contributed by atoms with Crippen LogP contribution in [0.5, 0.6) is 0 Å². The highest BCUT2D eigenvalue weighted by molar-refractivity contribution is 9.11. The summed E-state index contributed by atoms with van der Waals surface area (Å²) in [6.45, 7) is 0. The molecule has 0 spiro atoms. The van der Waals surface area contributed by atoms with Crippen LogP contribution < -0.4 is 5.73 Å².